The maximum Gasteiger partial charge on any atom is 0.157 e. The minimum atomic E-state index is 0.138. The Balaban J connectivity index is 1.67. The van der Waals surface area contributed by atoms with E-state index in [0.717, 1.165) is 40.9 Å². The average molecular weight is 376 g/mol. The van der Waals surface area contributed by atoms with E-state index in [2.05, 4.69) is 72.7 Å². The molecule has 2 aromatic carbocycles. The van der Waals surface area contributed by atoms with E-state index in [1.807, 2.05) is 6.92 Å². The van der Waals surface area contributed by atoms with Gasteiger partial charge in [-0.05, 0) is 88.3 Å². The number of hydrogen-bond donors (Lipinski definition) is 1. The minimum absolute atomic E-state index is 0.138. The van der Waals surface area contributed by atoms with E-state index < -0.39 is 0 Å². The summed E-state index contributed by atoms with van der Waals surface area (Å²) < 4.78 is 6.23. The van der Waals surface area contributed by atoms with E-state index in [4.69, 9.17) is 4.74 Å². The maximum absolute atomic E-state index is 6.23. The Kier molecular flexibility index (Phi) is 5.21. The predicted octanol–water partition coefficient (Wildman–Crippen LogP) is 6.05. The van der Waals surface area contributed by atoms with Crippen LogP contribution in [0.1, 0.15) is 61.0 Å². The fourth-order valence-electron chi connectivity index (χ4n) is 4.17. The minimum Gasteiger partial charge on any atom is -0.490 e. The van der Waals surface area contributed by atoms with Gasteiger partial charge in [-0.3, -0.25) is 0 Å². The third-order valence-corrected chi connectivity index (χ3v) is 6.01. The molecule has 0 spiro atoms. The Morgan fingerprint density at radius 3 is 2.57 bits per heavy atom. The van der Waals surface area contributed by atoms with Crippen LogP contribution in [0.4, 0.5) is 5.82 Å². The van der Waals surface area contributed by atoms with E-state index in [1.54, 1.807) is 0 Å². The van der Waals surface area contributed by atoms with Crippen molar-refractivity contribution in [2.24, 2.45) is 0 Å². The number of ether oxygens (including phenoxy) is 1. The van der Waals surface area contributed by atoms with E-state index in [0.29, 0.717) is 6.10 Å². The molecule has 1 aromatic heterocycles. The molecular formula is C24H29N3O. The monoisotopic (exact) mass is 375 g/mol. The quantitative estimate of drug-likeness (QED) is 0.590. The fraction of sp³-hybridized carbons (Fsp3) is 0.417. The van der Waals surface area contributed by atoms with Crippen LogP contribution in [-0.4, -0.2) is 16.3 Å². The molecule has 4 nitrogen and oxygen atoms in total. The third kappa shape index (κ3) is 3.68. The van der Waals surface area contributed by atoms with Crippen LogP contribution in [0.15, 0.2) is 36.4 Å². The summed E-state index contributed by atoms with van der Waals surface area (Å²) in [7, 11) is 0. The summed E-state index contributed by atoms with van der Waals surface area (Å²) in [5.41, 5.74) is 4.84. The van der Waals surface area contributed by atoms with Gasteiger partial charge in [0.1, 0.15) is 5.75 Å². The second kappa shape index (κ2) is 7.78. The molecule has 0 radical (unpaired) electrons. The Hall–Kier alpha value is -2.62. The molecule has 3 aromatic rings. The van der Waals surface area contributed by atoms with E-state index in [1.165, 1.54) is 29.5 Å². The number of aromatic nitrogens is 2. The molecular weight excluding hydrogens is 346 g/mol. The summed E-state index contributed by atoms with van der Waals surface area (Å²) in [6.45, 7) is 8.51. The van der Waals surface area contributed by atoms with E-state index >= 15 is 0 Å². The number of benzene rings is 2. The van der Waals surface area contributed by atoms with E-state index in [9.17, 15) is 0 Å². The van der Waals surface area contributed by atoms with Gasteiger partial charge >= 0.3 is 0 Å². The highest BCUT2D eigenvalue weighted by molar-refractivity contribution is 5.94. The standard InChI is InChI=1S/C24H29N3O/c1-15-8-7-11-21(16(15)2)17(3)25-24-23-14-20(28-19-9-5-6-10-19)12-13-22(23)18(4)26-27-24/h7-8,11-14,17,19H,5-6,9-10H2,1-4H3,(H,25,27)/t17-/m1/s1. The van der Waals surface area contributed by atoms with Crippen molar-refractivity contribution in [2.75, 3.05) is 5.32 Å². The number of aryl methyl sites for hydroxylation is 2. The molecule has 0 amide bonds. The summed E-state index contributed by atoms with van der Waals surface area (Å²) in [6, 6.07) is 12.9. The van der Waals surface area contributed by atoms with Crippen LogP contribution in [0.2, 0.25) is 0 Å². The SMILES string of the molecule is Cc1cccc([C@@H](C)Nc2nnc(C)c3ccc(OC4CCCC4)cc23)c1C. The average Bonchev–Trinajstić information content (AvgIpc) is 3.19. The van der Waals surface area contributed by atoms with Gasteiger partial charge in [-0.25, -0.2) is 0 Å². The van der Waals surface area contributed by atoms with Crippen LogP contribution < -0.4 is 10.1 Å². The summed E-state index contributed by atoms with van der Waals surface area (Å²) >= 11 is 0. The first-order valence-electron chi connectivity index (χ1n) is 10.3. The number of fused-ring (bicyclic) bond motifs is 1. The number of nitrogens with zero attached hydrogens (tertiary/aromatic N) is 2. The molecule has 1 fully saturated rings. The molecule has 28 heavy (non-hydrogen) atoms. The lowest BCUT2D eigenvalue weighted by atomic mass is 9.98. The van der Waals surface area contributed by atoms with Gasteiger partial charge in [0.05, 0.1) is 17.8 Å². The van der Waals surface area contributed by atoms with Gasteiger partial charge in [0.2, 0.25) is 0 Å². The molecule has 4 rings (SSSR count). The third-order valence-electron chi connectivity index (χ3n) is 6.01. The second-order valence-corrected chi connectivity index (χ2v) is 8.02. The topological polar surface area (TPSA) is 47.0 Å². The Bertz CT molecular complexity index is 993. The van der Waals surface area contributed by atoms with Crippen molar-refractivity contribution in [1.82, 2.24) is 10.2 Å². The van der Waals surface area contributed by atoms with Crippen molar-refractivity contribution in [1.29, 1.82) is 0 Å². The molecule has 0 bridgehead atoms. The van der Waals surface area contributed by atoms with Gasteiger partial charge in [-0.2, -0.15) is 5.10 Å². The molecule has 1 aliphatic carbocycles. The van der Waals surface area contributed by atoms with Crippen LogP contribution in [0.3, 0.4) is 0 Å². The lowest BCUT2D eigenvalue weighted by Crippen LogP contribution is -2.12. The summed E-state index contributed by atoms with van der Waals surface area (Å²) in [5, 5.41) is 14.6. The first-order chi connectivity index (χ1) is 13.5. The number of rotatable bonds is 5. The van der Waals surface area contributed by atoms with Crippen molar-refractivity contribution in [3.63, 3.8) is 0 Å². The Morgan fingerprint density at radius 1 is 1.00 bits per heavy atom. The van der Waals surface area contributed by atoms with Crippen LogP contribution in [0, 0.1) is 20.8 Å². The molecule has 0 saturated heterocycles. The molecule has 1 heterocycles. The zero-order chi connectivity index (χ0) is 19.7. The fourth-order valence-corrected chi connectivity index (χ4v) is 4.17. The Morgan fingerprint density at radius 2 is 1.79 bits per heavy atom. The number of anilines is 1. The van der Waals surface area contributed by atoms with Crippen molar-refractivity contribution in [2.45, 2.75) is 65.5 Å². The first-order valence-corrected chi connectivity index (χ1v) is 10.3. The predicted molar refractivity (Wildman–Crippen MR) is 115 cm³/mol. The smallest absolute Gasteiger partial charge is 0.157 e. The Labute approximate surface area is 167 Å². The largest absolute Gasteiger partial charge is 0.490 e. The molecule has 0 aliphatic heterocycles. The molecule has 1 N–H and O–H groups in total. The zero-order valence-electron chi connectivity index (χ0n) is 17.2. The molecule has 1 aliphatic rings. The summed E-state index contributed by atoms with van der Waals surface area (Å²) in [5.74, 6) is 1.74. The summed E-state index contributed by atoms with van der Waals surface area (Å²) in [6.07, 6.45) is 5.19. The van der Waals surface area contributed by atoms with Gasteiger partial charge in [0.25, 0.3) is 0 Å². The van der Waals surface area contributed by atoms with Crippen molar-refractivity contribution in [3.8, 4) is 5.75 Å². The number of hydrogen-bond acceptors (Lipinski definition) is 4. The first kappa shape index (κ1) is 18.7. The van der Waals surface area contributed by atoms with Gasteiger partial charge < -0.3 is 10.1 Å². The van der Waals surface area contributed by atoms with Gasteiger partial charge in [-0.1, -0.05) is 18.2 Å². The molecule has 146 valence electrons. The van der Waals surface area contributed by atoms with Gasteiger partial charge in [-0.15, -0.1) is 5.10 Å². The number of nitrogens with one attached hydrogen (secondary N) is 1. The summed E-state index contributed by atoms with van der Waals surface area (Å²) in [4.78, 5) is 0. The van der Waals surface area contributed by atoms with Gasteiger partial charge in [0.15, 0.2) is 5.82 Å². The second-order valence-electron chi connectivity index (χ2n) is 8.02. The van der Waals surface area contributed by atoms with Crippen molar-refractivity contribution in [3.05, 3.63) is 58.8 Å². The zero-order valence-corrected chi connectivity index (χ0v) is 17.2. The maximum atomic E-state index is 6.23. The van der Waals surface area contributed by atoms with E-state index in [-0.39, 0.29) is 6.04 Å². The van der Waals surface area contributed by atoms with Crippen LogP contribution in [-0.2, 0) is 0 Å². The van der Waals surface area contributed by atoms with Crippen molar-refractivity contribution < 1.29 is 4.74 Å². The molecule has 4 heteroatoms. The molecule has 1 atom stereocenters. The lowest BCUT2D eigenvalue weighted by Gasteiger charge is -2.20. The van der Waals surface area contributed by atoms with Gasteiger partial charge in [0, 0.05) is 10.8 Å². The molecule has 0 unspecified atom stereocenters. The van der Waals surface area contributed by atoms with Crippen LogP contribution in [0.25, 0.3) is 10.8 Å². The van der Waals surface area contributed by atoms with Crippen molar-refractivity contribution >= 4 is 16.6 Å². The highest BCUT2D eigenvalue weighted by Gasteiger charge is 2.18. The highest BCUT2D eigenvalue weighted by atomic mass is 16.5. The van der Waals surface area contributed by atoms with Crippen LogP contribution >= 0.6 is 0 Å². The molecule has 1 saturated carbocycles. The van der Waals surface area contributed by atoms with Crippen LogP contribution in [0.5, 0.6) is 5.75 Å². The normalized spacial score (nSPS) is 15.7. The lowest BCUT2D eigenvalue weighted by molar-refractivity contribution is 0.210. The highest BCUT2D eigenvalue weighted by Crippen LogP contribution is 2.32.